The van der Waals surface area contributed by atoms with Gasteiger partial charge < -0.3 is 35.0 Å². The number of aromatic nitrogens is 2. The van der Waals surface area contributed by atoms with Crippen molar-refractivity contribution in [1.82, 2.24) is 14.9 Å². The zero-order valence-corrected chi connectivity index (χ0v) is 34.2. The van der Waals surface area contributed by atoms with Crippen molar-refractivity contribution in [2.75, 3.05) is 6.54 Å². The van der Waals surface area contributed by atoms with Gasteiger partial charge in [0.1, 0.15) is 18.0 Å². The first-order chi connectivity index (χ1) is 28.3. The molecule has 9 nitrogen and oxygen atoms in total. The number of nitrogens with zero attached hydrogens (tertiary/aromatic N) is 1. The maximum Gasteiger partial charge on any atom is 0.191 e. The monoisotopic (exact) mass is 784 g/mol. The summed E-state index contributed by atoms with van der Waals surface area (Å²) in [5.74, 6) is 10.9. The lowest BCUT2D eigenvalue weighted by Crippen LogP contribution is -2.36. The molecular weight excluding hydrogens is 725 g/mol. The van der Waals surface area contributed by atoms with Gasteiger partial charge in [0, 0.05) is 49.3 Å². The molecule has 6 unspecified atom stereocenters. The molecule has 2 bridgehead atoms. The van der Waals surface area contributed by atoms with Crippen LogP contribution in [0.3, 0.4) is 0 Å². The number of aryl methyl sites for hydroxylation is 1. The van der Waals surface area contributed by atoms with Gasteiger partial charge in [-0.2, -0.15) is 0 Å². The number of ketones is 1. The number of carbonyl (C=O) groups is 1. The largest absolute Gasteiger partial charge is 0.465 e. The quantitative estimate of drug-likeness (QED) is 0.0679. The highest BCUT2D eigenvalue weighted by atomic mass is 16.5. The van der Waals surface area contributed by atoms with Gasteiger partial charge in [0.05, 0.1) is 29.1 Å². The van der Waals surface area contributed by atoms with Crippen molar-refractivity contribution in [2.24, 2.45) is 23.0 Å². The van der Waals surface area contributed by atoms with Crippen molar-refractivity contribution in [2.45, 2.75) is 141 Å². The van der Waals surface area contributed by atoms with Crippen molar-refractivity contribution in [3.8, 4) is 35.4 Å². The molecule has 2 aromatic heterocycles. The Balaban J connectivity index is 1.15. The van der Waals surface area contributed by atoms with Crippen molar-refractivity contribution in [3.05, 3.63) is 82.3 Å². The molecule has 4 aliphatic rings. The smallest absolute Gasteiger partial charge is 0.191 e. The van der Waals surface area contributed by atoms with Gasteiger partial charge in [-0.15, -0.1) is 0 Å². The lowest BCUT2D eigenvalue weighted by atomic mass is 9.73. The molecule has 3 aliphatic heterocycles. The SMILES string of the molecule is CCCCCC(O)C(CCCCC)C(=O)CCc1ccc2c(c1)OC1C(C#CC(O)c3ccc4c(c3Cc3c[nH]c5cn1cc35)CCNC4N)C1(C#CO2)CCCC1. The number of rotatable bonds is 13. The van der Waals surface area contributed by atoms with E-state index in [2.05, 4.69) is 71.2 Å². The van der Waals surface area contributed by atoms with Crippen LogP contribution in [0.5, 0.6) is 11.5 Å². The number of hydrogen-bond donors (Lipinski definition) is 5. The number of nitrogens with two attached hydrogens (primary N) is 1. The minimum Gasteiger partial charge on any atom is -0.465 e. The molecule has 0 radical (unpaired) electrons. The predicted molar refractivity (Wildman–Crippen MR) is 227 cm³/mol. The van der Waals surface area contributed by atoms with E-state index in [-0.39, 0.29) is 17.9 Å². The second-order valence-electron chi connectivity index (χ2n) is 17.2. The molecule has 5 heterocycles. The maximum atomic E-state index is 13.8. The summed E-state index contributed by atoms with van der Waals surface area (Å²) in [4.78, 5) is 17.3. The van der Waals surface area contributed by atoms with Crippen LogP contribution in [0.2, 0.25) is 0 Å². The number of fused-ring (bicyclic) bond motifs is 8. The summed E-state index contributed by atoms with van der Waals surface area (Å²) in [7, 11) is 0. The van der Waals surface area contributed by atoms with Crippen LogP contribution in [0.15, 0.2) is 48.9 Å². The van der Waals surface area contributed by atoms with Crippen LogP contribution < -0.4 is 20.5 Å². The highest BCUT2D eigenvalue weighted by Gasteiger charge is 2.46. The molecule has 306 valence electrons. The third kappa shape index (κ3) is 8.20. The highest BCUT2D eigenvalue weighted by molar-refractivity contribution is 5.84. The predicted octanol–water partition coefficient (Wildman–Crippen LogP) is 8.46. The van der Waals surface area contributed by atoms with Gasteiger partial charge in [-0.1, -0.05) is 101 Å². The second kappa shape index (κ2) is 17.8. The van der Waals surface area contributed by atoms with Crippen molar-refractivity contribution < 1.29 is 24.5 Å². The fourth-order valence-corrected chi connectivity index (χ4v) is 10.0. The Kier molecular flexibility index (Phi) is 12.3. The lowest BCUT2D eigenvalue weighted by molar-refractivity contribution is -0.126. The average Bonchev–Trinajstić information content (AvgIpc) is 3.97. The second-order valence-corrected chi connectivity index (χ2v) is 17.2. The normalized spacial score (nSPS) is 22.7. The number of benzene rings is 2. The summed E-state index contributed by atoms with van der Waals surface area (Å²) in [6.07, 6.45) is 20.6. The number of aliphatic hydroxyl groups is 2. The summed E-state index contributed by atoms with van der Waals surface area (Å²) in [5.41, 5.74) is 13.2. The van der Waals surface area contributed by atoms with Crippen molar-refractivity contribution in [1.29, 1.82) is 0 Å². The molecule has 1 spiro atoms. The van der Waals surface area contributed by atoms with Crippen LogP contribution in [-0.4, -0.2) is 38.2 Å². The number of aliphatic hydroxyl groups excluding tert-OH is 2. The standard InChI is InChI=1S/C49H60N4O5/c1-3-5-7-11-37(42(54)12-8-6-4-2)44(56)18-13-32-14-20-45-46(27-32)58-48-40(49(24-26-57-45)22-9-10-23-49)17-19-43(55)35-15-16-36-34(21-25-51-47(36)50)38(35)28-33-29-52-41-31-53(48)30-39(33)41/h14-16,20,27,29-31,37,40,42-43,47-48,51-52,54-55H,3-13,18,21-23,25,28,50H2,1-2H3. The lowest BCUT2D eigenvalue weighted by Gasteiger charge is -2.35. The number of nitrogens with one attached hydrogen (secondary N) is 2. The van der Waals surface area contributed by atoms with E-state index in [1.165, 1.54) is 5.56 Å². The molecular formula is C49H60N4O5. The van der Waals surface area contributed by atoms with E-state index in [4.69, 9.17) is 15.2 Å². The third-order valence-corrected chi connectivity index (χ3v) is 13.4. The maximum absolute atomic E-state index is 13.8. The molecule has 9 heteroatoms. The topological polar surface area (TPSA) is 135 Å². The van der Waals surface area contributed by atoms with Crippen LogP contribution in [0.25, 0.3) is 10.9 Å². The molecule has 6 N–H and O–H groups in total. The van der Waals surface area contributed by atoms with Gasteiger partial charge in [-0.3, -0.25) is 10.1 Å². The van der Waals surface area contributed by atoms with Crippen molar-refractivity contribution in [3.63, 3.8) is 0 Å². The summed E-state index contributed by atoms with van der Waals surface area (Å²) in [6, 6.07) is 9.91. The van der Waals surface area contributed by atoms with E-state index in [0.717, 1.165) is 122 Å². The van der Waals surface area contributed by atoms with Crippen LogP contribution >= 0.6 is 0 Å². The van der Waals surface area contributed by atoms with Gasteiger partial charge in [0.2, 0.25) is 0 Å². The van der Waals surface area contributed by atoms with Crippen molar-refractivity contribution >= 4 is 16.7 Å². The number of hydrogen-bond acceptors (Lipinski definition) is 7. The van der Waals surface area contributed by atoms with Crippen LogP contribution in [0.4, 0.5) is 0 Å². The molecule has 6 atom stereocenters. The van der Waals surface area contributed by atoms with E-state index in [9.17, 15) is 15.0 Å². The fourth-order valence-electron chi connectivity index (χ4n) is 10.0. The summed E-state index contributed by atoms with van der Waals surface area (Å²) >= 11 is 0. The molecule has 0 amide bonds. The Morgan fingerprint density at radius 1 is 1.00 bits per heavy atom. The summed E-state index contributed by atoms with van der Waals surface area (Å²) < 4.78 is 15.5. The number of H-pyrrole nitrogens is 1. The zero-order valence-electron chi connectivity index (χ0n) is 34.2. The number of ether oxygens (including phenoxy) is 2. The molecule has 4 aromatic rings. The van der Waals surface area contributed by atoms with E-state index in [1.54, 1.807) is 0 Å². The van der Waals surface area contributed by atoms with Crippen LogP contribution in [0.1, 0.15) is 149 Å². The third-order valence-electron chi connectivity index (χ3n) is 13.4. The van der Waals surface area contributed by atoms with E-state index < -0.39 is 29.8 Å². The highest BCUT2D eigenvalue weighted by Crippen LogP contribution is 2.50. The first kappa shape index (κ1) is 40.3. The van der Waals surface area contributed by atoms with E-state index in [0.29, 0.717) is 37.2 Å². The number of Topliss-reactive ketones (excluding diaryl/α,β-unsaturated/α-hetero) is 1. The minimum atomic E-state index is -1.02. The minimum absolute atomic E-state index is 0.128. The van der Waals surface area contributed by atoms with Gasteiger partial charge in [-0.05, 0) is 84.0 Å². The fraction of sp³-hybridized carbons (Fsp3) is 0.531. The number of unbranched alkanes of at least 4 members (excludes halogenated alkanes) is 4. The van der Waals surface area contributed by atoms with Crippen LogP contribution in [0, 0.1) is 41.1 Å². The number of aromatic amines is 1. The summed E-state index contributed by atoms with van der Waals surface area (Å²) in [5, 5.41) is 27.6. The first-order valence-corrected chi connectivity index (χ1v) is 22.0. The Labute approximate surface area is 343 Å². The van der Waals surface area contributed by atoms with Crippen LogP contribution in [-0.2, 0) is 24.1 Å². The van der Waals surface area contributed by atoms with Gasteiger partial charge >= 0.3 is 0 Å². The zero-order chi connectivity index (χ0) is 40.2. The first-order valence-electron chi connectivity index (χ1n) is 22.0. The molecule has 58 heavy (non-hydrogen) atoms. The molecule has 2 aromatic carbocycles. The molecule has 0 saturated heterocycles. The Bertz CT molecular complexity index is 2230. The average molecular weight is 785 g/mol. The molecule has 1 aliphatic carbocycles. The molecule has 8 rings (SSSR count). The molecule has 1 fully saturated rings. The molecule has 1 saturated carbocycles. The summed E-state index contributed by atoms with van der Waals surface area (Å²) in [6.45, 7) is 5.09. The number of carbonyl (C=O) groups excluding carboxylic acids is 1. The Morgan fingerprint density at radius 2 is 1.79 bits per heavy atom. The van der Waals surface area contributed by atoms with E-state index in [1.807, 2.05) is 30.3 Å². The van der Waals surface area contributed by atoms with Gasteiger partial charge in [-0.25, -0.2) is 0 Å². The van der Waals surface area contributed by atoms with Gasteiger partial charge in [0.15, 0.2) is 17.7 Å². The Morgan fingerprint density at radius 3 is 2.60 bits per heavy atom. The van der Waals surface area contributed by atoms with Gasteiger partial charge in [0.25, 0.3) is 0 Å². The van der Waals surface area contributed by atoms with E-state index >= 15 is 0 Å². The Hall–Kier alpha value is -4.51.